The van der Waals surface area contributed by atoms with Crippen molar-refractivity contribution in [3.63, 3.8) is 0 Å². The van der Waals surface area contributed by atoms with Crippen LogP contribution in [-0.2, 0) is 10.1 Å². The summed E-state index contributed by atoms with van der Waals surface area (Å²) in [5.74, 6) is -3.09. The van der Waals surface area contributed by atoms with Crippen LogP contribution in [0.2, 0.25) is 0 Å². The molecule has 4 aliphatic carbocycles. The molecule has 1 N–H and O–H groups in total. The summed E-state index contributed by atoms with van der Waals surface area (Å²) in [5, 5.41) is -1.35. The van der Waals surface area contributed by atoms with Crippen LogP contribution in [0.25, 0.3) is 0 Å². The molecule has 8 heteroatoms. The van der Waals surface area contributed by atoms with Crippen molar-refractivity contribution in [3.05, 3.63) is 0 Å². The lowest BCUT2D eigenvalue weighted by molar-refractivity contribution is -0.136. The maximum atomic E-state index is 13.2. The van der Waals surface area contributed by atoms with Gasteiger partial charge in [-0.05, 0) is 68.1 Å². The van der Waals surface area contributed by atoms with Crippen LogP contribution in [0.5, 0.6) is 0 Å². The average Bonchev–Trinajstić information content (AvgIpc) is 2.34. The first-order chi connectivity index (χ1) is 10.5. The first kappa shape index (κ1) is 17.5. The highest BCUT2D eigenvalue weighted by Crippen LogP contribution is 2.62. The number of hydrogen-bond donors (Lipinski definition) is 1. The van der Waals surface area contributed by atoms with E-state index < -0.39 is 46.0 Å². The van der Waals surface area contributed by atoms with E-state index in [1.807, 2.05) is 0 Å². The fraction of sp³-hybridized carbons (Fsp3) is 1.00. The Hall–Kier alpha value is -0.370. The van der Waals surface area contributed by atoms with E-state index in [1.165, 1.54) is 0 Å². The van der Waals surface area contributed by atoms with Gasteiger partial charge in [0.25, 0.3) is 10.1 Å². The van der Waals surface area contributed by atoms with Gasteiger partial charge >= 0.3 is 12.3 Å². The molecule has 134 valence electrons. The van der Waals surface area contributed by atoms with E-state index in [0.29, 0.717) is 37.0 Å². The van der Waals surface area contributed by atoms with Gasteiger partial charge in [-0.3, -0.25) is 4.55 Å². The summed E-state index contributed by atoms with van der Waals surface area (Å²) in [6, 6.07) is 0. The lowest BCUT2D eigenvalue weighted by Crippen LogP contribution is -2.54. The molecule has 4 aliphatic rings. The van der Waals surface area contributed by atoms with Crippen molar-refractivity contribution < 1.29 is 30.5 Å². The molecule has 0 saturated heterocycles. The van der Waals surface area contributed by atoms with E-state index in [1.54, 1.807) is 0 Å². The Balaban J connectivity index is 1.83. The molecule has 1 unspecified atom stereocenters. The normalized spacial score (nSPS) is 38.3. The SMILES string of the molecule is O=S(=O)(O)C(CCC(F)(F)C(F)F)C12CC3CC(CC(C3)C1)C2. The Kier molecular flexibility index (Phi) is 4.23. The van der Waals surface area contributed by atoms with E-state index in [0.717, 1.165) is 19.3 Å². The molecular weight excluding hydrogens is 336 g/mol. The second kappa shape index (κ2) is 5.58. The van der Waals surface area contributed by atoms with Crippen LogP contribution in [0.3, 0.4) is 0 Å². The molecule has 1 atom stereocenters. The number of rotatable bonds is 6. The molecule has 3 nitrogen and oxygen atoms in total. The maximum Gasteiger partial charge on any atom is 0.307 e. The van der Waals surface area contributed by atoms with Crippen molar-refractivity contribution in [1.82, 2.24) is 0 Å². The molecule has 0 aromatic heterocycles. The summed E-state index contributed by atoms with van der Waals surface area (Å²) in [7, 11) is -4.55. The predicted octanol–water partition coefficient (Wildman–Crippen LogP) is 4.14. The van der Waals surface area contributed by atoms with E-state index in [2.05, 4.69) is 0 Å². The third-order valence-corrected chi connectivity index (χ3v) is 7.64. The van der Waals surface area contributed by atoms with E-state index in [-0.39, 0.29) is 0 Å². The van der Waals surface area contributed by atoms with Crippen molar-refractivity contribution >= 4 is 10.1 Å². The molecule has 0 aromatic carbocycles. The van der Waals surface area contributed by atoms with Crippen molar-refractivity contribution in [2.24, 2.45) is 23.2 Å². The van der Waals surface area contributed by atoms with Gasteiger partial charge in [-0.2, -0.15) is 8.42 Å². The summed E-state index contributed by atoms with van der Waals surface area (Å²) in [4.78, 5) is 0. The first-order valence-corrected chi connectivity index (χ1v) is 9.64. The van der Waals surface area contributed by atoms with Crippen molar-refractivity contribution in [2.45, 2.75) is 69.0 Å². The summed E-state index contributed by atoms with van der Waals surface area (Å²) in [6.45, 7) is 0. The molecule has 4 saturated carbocycles. The molecule has 23 heavy (non-hydrogen) atoms. The van der Waals surface area contributed by atoms with Crippen LogP contribution in [-0.4, -0.2) is 30.6 Å². The van der Waals surface area contributed by atoms with Gasteiger partial charge in [0.15, 0.2) is 0 Å². The minimum absolute atomic E-state index is 0.376. The Labute approximate surface area is 133 Å². The van der Waals surface area contributed by atoms with Crippen molar-refractivity contribution in [3.8, 4) is 0 Å². The first-order valence-electron chi connectivity index (χ1n) is 8.14. The summed E-state index contributed by atoms with van der Waals surface area (Å²) in [6.07, 6.45) is -0.739. The average molecular weight is 358 g/mol. The highest BCUT2D eigenvalue weighted by molar-refractivity contribution is 7.86. The minimum Gasteiger partial charge on any atom is -0.285 e. The zero-order valence-corrected chi connectivity index (χ0v) is 13.5. The molecule has 4 rings (SSSR count). The Morgan fingerprint density at radius 2 is 1.48 bits per heavy atom. The van der Waals surface area contributed by atoms with E-state index in [9.17, 15) is 30.5 Å². The summed E-state index contributed by atoms with van der Waals surface area (Å²) in [5.41, 5.74) is -0.708. The molecular formula is C15H22F4O3S. The monoisotopic (exact) mass is 358 g/mol. The summed E-state index contributed by atoms with van der Waals surface area (Å²) >= 11 is 0. The quantitative estimate of drug-likeness (QED) is 0.573. The zero-order valence-electron chi connectivity index (χ0n) is 12.7. The second-order valence-electron chi connectivity index (χ2n) is 7.88. The minimum atomic E-state index is -4.55. The number of hydrogen-bond acceptors (Lipinski definition) is 2. The molecule has 4 fully saturated rings. The molecule has 0 aromatic rings. The van der Waals surface area contributed by atoms with E-state index in [4.69, 9.17) is 0 Å². The summed E-state index contributed by atoms with van der Waals surface area (Å²) < 4.78 is 84.5. The third-order valence-electron chi connectivity index (χ3n) is 6.19. The van der Waals surface area contributed by atoms with Crippen LogP contribution in [0.15, 0.2) is 0 Å². The second-order valence-corrected chi connectivity index (χ2v) is 9.48. The van der Waals surface area contributed by atoms with Crippen molar-refractivity contribution in [2.75, 3.05) is 0 Å². The molecule has 4 bridgehead atoms. The van der Waals surface area contributed by atoms with Gasteiger partial charge in [-0.1, -0.05) is 0 Å². The van der Waals surface area contributed by atoms with Crippen LogP contribution in [0.4, 0.5) is 17.6 Å². The lowest BCUT2D eigenvalue weighted by atomic mass is 9.48. The smallest absolute Gasteiger partial charge is 0.285 e. The van der Waals surface area contributed by atoms with Gasteiger partial charge in [0.2, 0.25) is 0 Å². The van der Waals surface area contributed by atoms with Crippen molar-refractivity contribution in [1.29, 1.82) is 0 Å². The van der Waals surface area contributed by atoms with Gasteiger partial charge in [-0.25, -0.2) is 17.6 Å². The topological polar surface area (TPSA) is 54.4 Å². The largest absolute Gasteiger partial charge is 0.307 e. The highest BCUT2D eigenvalue weighted by atomic mass is 32.2. The molecule has 0 amide bonds. The highest BCUT2D eigenvalue weighted by Gasteiger charge is 2.57. The van der Waals surface area contributed by atoms with Gasteiger partial charge < -0.3 is 0 Å². The number of alkyl halides is 4. The zero-order chi connectivity index (χ0) is 17.0. The maximum absolute atomic E-state index is 13.2. The number of halogens is 4. The standard InChI is InChI=1S/C15H22F4O3S/c16-13(17)15(18,19)2-1-12(23(20,21)22)14-6-9-3-10(7-14)5-11(4-9)8-14/h9-13H,1-8H2,(H,20,21,22). The Morgan fingerprint density at radius 3 is 1.83 bits per heavy atom. The van der Waals surface area contributed by atoms with Crippen LogP contribution in [0, 0.1) is 23.2 Å². The predicted molar refractivity (Wildman–Crippen MR) is 76.1 cm³/mol. The lowest BCUT2D eigenvalue weighted by Gasteiger charge is -2.58. The molecule has 0 radical (unpaired) electrons. The van der Waals surface area contributed by atoms with Gasteiger partial charge in [-0.15, -0.1) is 0 Å². The third kappa shape index (κ3) is 3.25. The van der Waals surface area contributed by atoms with Gasteiger partial charge in [0.1, 0.15) is 0 Å². The Morgan fingerprint density at radius 1 is 1.04 bits per heavy atom. The van der Waals surface area contributed by atoms with E-state index >= 15 is 0 Å². The van der Waals surface area contributed by atoms with Gasteiger partial charge in [0.05, 0.1) is 5.25 Å². The molecule has 0 aliphatic heterocycles. The van der Waals surface area contributed by atoms with Crippen LogP contribution < -0.4 is 0 Å². The van der Waals surface area contributed by atoms with Crippen LogP contribution in [0.1, 0.15) is 51.4 Å². The van der Waals surface area contributed by atoms with Crippen LogP contribution >= 0.6 is 0 Å². The fourth-order valence-corrected chi connectivity index (χ4v) is 7.11. The molecule has 0 spiro atoms. The molecule has 0 heterocycles. The fourth-order valence-electron chi connectivity index (χ4n) is 5.78. The van der Waals surface area contributed by atoms with Gasteiger partial charge in [0, 0.05) is 6.42 Å². The Bertz CT molecular complexity index is 526.